The Morgan fingerprint density at radius 3 is 2.44 bits per heavy atom. The summed E-state index contributed by atoms with van der Waals surface area (Å²) in [6, 6.07) is 9.79. The zero-order valence-corrected chi connectivity index (χ0v) is 18.4. The molecule has 0 spiro atoms. The SMILES string of the molecule is O=C(CN1CCOCC1)N1CC[C@@H](c2cc(C(=O)N3CCOCC3)c3ccccc3n2)C1. The topological polar surface area (TPSA) is 75.2 Å². The molecule has 4 heterocycles. The Balaban J connectivity index is 1.35. The van der Waals surface area contributed by atoms with Crippen LogP contribution in [0.25, 0.3) is 10.9 Å². The van der Waals surface area contributed by atoms with E-state index >= 15 is 0 Å². The van der Waals surface area contributed by atoms with Crippen LogP contribution in [0.1, 0.15) is 28.4 Å². The van der Waals surface area contributed by atoms with Gasteiger partial charge in [-0.15, -0.1) is 0 Å². The number of hydrogen-bond donors (Lipinski definition) is 0. The smallest absolute Gasteiger partial charge is 0.254 e. The largest absolute Gasteiger partial charge is 0.379 e. The molecule has 0 bridgehead atoms. The van der Waals surface area contributed by atoms with Crippen molar-refractivity contribution < 1.29 is 19.1 Å². The van der Waals surface area contributed by atoms with Crippen molar-refractivity contribution >= 4 is 22.7 Å². The maximum atomic E-state index is 13.3. The van der Waals surface area contributed by atoms with Gasteiger partial charge in [-0.25, -0.2) is 0 Å². The van der Waals surface area contributed by atoms with Crippen molar-refractivity contribution in [2.75, 3.05) is 72.2 Å². The predicted octanol–water partition coefficient (Wildman–Crippen LogP) is 1.36. The molecule has 3 fully saturated rings. The van der Waals surface area contributed by atoms with Gasteiger partial charge in [0.2, 0.25) is 5.91 Å². The molecule has 8 nitrogen and oxygen atoms in total. The van der Waals surface area contributed by atoms with Crippen LogP contribution in [-0.4, -0.2) is 104 Å². The van der Waals surface area contributed by atoms with Gasteiger partial charge in [0.1, 0.15) is 0 Å². The minimum Gasteiger partial charge on any atom is -0.379 e. The maximum absolute atomic E-state index is 13.3. The second kappa shape index (κ2) is 9.52. The molecule has 8 heteroatoms. The number of ether oxygens (including phenoxy) is 2. The molecular formula is C24H30N4O4. The highest BCUT2D eigenvalue weighted by Gasteiger charge is 2.31. The molecular weight excluding hydrogens is 408 g/mol. The van der Waals surface area contributed by atoms with Gasteiger partial charge < -0.3 is 19.3 Å². The van der Waals surface area contributed by atoms with Crippen molar-refractivity contribution in [1.29, 1.82) is 0 Å². The van der Waals surface area contributed by atoms with Gasteiger partial charge in [0.05, 0.1) is 44.1 Å². The number of rotatable bonds is 4. The van der Waals surface area contributed by atoms with Crippen LogP contribution in [-0.2, 0) is 14.3 Å². The van der Waals surface area contributed by atoms with E-state index in [-0.39, 0.29) is 17.7 Å². The molecule has 3 saturated heterocycles. The normalized spacial score (nSPS) is 22.4. The van der Waals surface area contributed by atoms with E-state index < -0.39 is 0 Å². The average molecular weight is 439 g/mol. The summed E-state index contributed by atoms with van der Waals surface area (Å²) in [7, 11) is 0. The van der Waals surface area contributed by atoms with Crippen LogP contribution in [0.2, 0.25) is 0 Å². The summed E-state index contributed by atoms with van der Waals surface area (Å²) in [5.74, 6) is 0.343. The summed E-state index contributed by atoms with van der Waals surface area (Å²) in [6.07, 6.45) is 0.866. The maximum Gasteiger partial charge on any atom is 0.254 e. The number of hydrogen-bond acceptors (Lipinski definition) is 6. The summed E-state index contributed by atoms with van der Waals surface area (Å²) >= 11 is 0. The second-order valence-electron chi connectivity index (χ2n) is 8.73. The summed E-state index contributed by atoms with van der Waals surface area (Å²) in [6.45, 7) is 7.19. The van der Waals surface area contributed by atoms with E-state index in [0.717, 1.165) is 42.7 Å². The lowest BCUT2D eigenvalue weighted by molar-refractivity contribution is -0.132. The fraction of sp³-hybridized carbons (Fsp3) is 0.542. The van der Waals surface area contributed by atoms with E-state index in [4.69, 9.17) is 14.5 Å². The quantitative estimate of drug-likeness (QED) is 0.718. The molecule has 0 radical (unpaired) electrons. The Morgan fingerprint density at radius 2 is 1.66 bits per heavy atom. The highest BCUT2D eigenvalue weighted by molar-refractivity contribution is 6.06. The zero-order valence-electron chi connectivity index (χ0n) is 18.4. The Bertz CT molecular complexity index is 985. The van der Waals surface area contributed by atoms with Crippen LogP contribution in [0.5, 0.6) is 0 Å². The highest BCUT2D eigenvalue weighted by Crippen LogP contribution is 2.30. The first-order valence-electron chi connectivity index (χ1n) is 11.5. The number of amides is 2. The molecule has 1 aromatic heterocycles. The van der Waals surface area contributed by atoms with Gasteiger partial charge in [-0.2, -0.15) is 0 Å². The lowest BCUT2D eigenvalue weighted by Gasteiger charge is -2.28. The number of benzene rings is 1. The Morgan fingerprint density at radius 1 is 0.938 bits per heavy atom. The summed E-state index contributed by atoms with van der Waals surface area (Å²) < 4.78 is 10.8. The van der Waals surface area contributed by atoms with Gasteiger partial charge in [-0.05, 0) is 18.6 Å². The molecule has 3 aliphatic heterocycles. The third kappa shape index (κ3) is 4.48. The minimum atomic E-state index is 0.0337. The second-order valence-corrected chi connectivity index (χ2v) is 8.73. The van der Waals surface area contributed by atoms with E-state index in [1.165, 1.54) is 0 Å². The number of carbonyl (C=O) groups excluding carboxylic acids is 2. The number of likely N-dealkylation sites (tertiary alicyclic amines) is 1. The number of carbonyl (C=O) groups is 2. The molecule has 5 rings (SSSR count). The Hall–Kier alpha value is -2.55. The van der Waals surface area contributed by atoms with Crippen LogP contribution in [0.3, 0.4) is 0 Å². The molecule has 2 amide bonds. The van der Waals surface area contributed by atoms with Crippen LogP contribution >= 0.6 is 0 Å². The van der Waals surface area contributed by atoms with E-state index in [1.807, 2.05) is 40.1 Å². The van der Waals surface area contributed by atoms with Crippen molar-refractivity contribution in [3.8, 4) is 0 Å². The molecule has 1 aromatic carbocycles. The number of para-hydroxylation sites is 1. The van der Waals surface area contributed by atoms with Crippen LogP contribution in [0.15, 0.2) is 30.3 Å². The number of morpholine rings is 2. The molecule has 2 aromatic rings. The number of aromatic nitrogens is 1. The van der Waals surface area contributed by atoms with Crippen LogP contribution in [0, 0.1) is 0 Å². The number of pyridine rings is 1. The molecule has 3 aliphatic rings. The highest BCUT2D eigenvalue weighted by atomic mass is 16.5. The predicted molar refractivity (Wildman–Crippen MR) is 120 cm³/mol. The van der Waals surface area contributed by atoms with E-state index in [9.17, 15) is 9.59 Å². The zero-order chi connectivity index (χ0) is 21.9. The lowest BCUT2D eigenvalue weighted by Crippen LogP contribution is -2.44. The lowest BCUT2D eigenvalue weighted by atomic mass is 9.99. The van der Waals surface area contributed by atoms with Crippen molar-refractivity contribution in [2.45, 2.75) is 12.3 Å². The Kier molecular flexibility index (Phi) is 6.34. The average Bonchev–Trinajstić information content (AvgIpc) is 3.35. The van der Waals surface area contributed by atoms with E-state index in [0.29, 0.717) is 58.2 Å². The first-order chi connectivity index (χ1) is 15.7. The molecule has 170 valence electrons. The molecule has 0 unspecified atom stereocenters. The number of nitrogens with zero attached hydrogens (tertiary/aromatic N) is 4. The standard InChI is InChI=1S/C24H30N4O4/c29-23(17-26-7-11-31-12-8-26)28-6-5-18(16-28)22-15-20(19-3-1-2-4-21(19)25-22)24(30)27-9-13-32-14-10-27/h1-4,15,18H,5-14,16-17H2/t18-/m1/s1. The van der Waals surface area contributed by atoms with Crippen molar-refractivity contribution in [3.05, 3.63) is 41.6 Å². The fourth-order valence-corrected chi connectivity index (χ4v) is 4.80. The first kappa shape index (κ1) is 21.3. The monoisotopic (exact) mass is 438 g/mol. The fourth-order valence-electron chi connectivity index (χ4n) is 4.80. The van der Waals surface area contributed by atoms with Gasteiger partial charge >= 0.3 is 0 Å². The summed E-state index contributed by atoms with van der Waals surface area (Å²) in [4.78, 5) is 37.0. The third-order valence-corrected chi connectivity index (χ3v) is 6.69. The Labute approximate surface area is 188 Å². The third-order valence-electron chi connectivity index (χ3n) is 6.69. The van der Waals surface area contributed by atoms with Gasteiger partial charge in [-0.3, -0.25) is 19.5 Å². The molecule has 32 heavy (non-hydrogen) atoms. The van der Waals surface area contributed by atoms with Crippen LogP contribution < -0.4 is 0 Å². The van der Waals surface area contributed by atoms with Crippen molar-refractivity contribution in [3.63, 3.8) is 0 Å². The molecule has 0 aliphatic carbocycles. The van der Waals surface area contributed by atoms with E-state index in [1.54, 1.807) is 0 Å². The van der Waals surface area contributed by atoms with Crippen molar-refractivity contribution in [2.24, 2.45) is 0 Å². The van der Waals surface area contributed by atoms with Gasteiger partial charge in [0.15, 0.2) is 0 Å². The summed E-state index contributed by atoms with van der Waals surface area (Å²) in [5.41, 5.74) is 2.44. The van der Waals surface area contributed by atoms with Crippen LogP contribution in [0.4, 0.5) is 0 Å². The number of fused-ring (bicyclic) bond motifs is 1. The van der Waals surface area contributed by atoms with Crippen molar-refractivity contribution in [1.82, 2.24) is 19.7 Å². The minimum absolute atomic E-state index is 0.0337. The molecule has 0 N–H and O–H groups in total. The molecule has 1 atom stereocenters. The van der Waals surface area contributed by atoms with Gasteiger partial charge in [0, 0.05) is 56.3 Å². The van der Waals surface area contributed by atoms with Gasteiger partial charge in [-0.1, -0.05) is 18.2 Å². The van der Waals surface area contributed by atoms with Gasteiger partial charge in [0.25, 0.3) is 5.91 Å². The molecule has 0 saturated carbocycles. The summed E-state index contributed by atoms with van der Waals surface area (Å²) in [5, 5.41) is 0.881. The first-order valence-corrected chi connectivity index (χ1v) is 11.5. The van der Waals surface area contributed by atoms with E-state index in [2.05, 4.69) is 4.90 Å².